The Morgan fingerprint density at radius 1 is 0.938 bits per heavy atom. The molecule has 0 radical (unpaired) electrons. The van der Waals surface area contributed by atoms with Gasteiger partial charge in [-0.15, -0.1) is 11.3 Å². The number of carbonyl (C=O) groups is 2. The van der Waals surface area contributed by atoms with Gasteiger partial charge in [0.05, 0.1) is 12.1 Å². The third kappa shape index (κ3) is 5.77. The second-order valence-electron chi connectivity index (χ2n) is 6.78. The zero-order valence-corrected chi connectivity index (χ0v) is 18.3. The maximum Gasteiger partial charge on any atom is 0.245 e. The largest absolute Gasteiger partial charge is 0.339 e. The summed E-state index contributed by atoms with van der Waals surface area (Å²) in [5.74, 6) is 0.0279. The topological polar surface area (TPSA) is 110 Å². The summed E-state index contributed by atoms with van der Waals surface area (Å²) in [5, 5.41) is 7.08. The van der Waals surface area contributed by atoms with Crippen molar-refractivity contribution < 1.29 is 14.1 Å². The summed E-state index contributed by atoms with van der Waals surface area (Å²) >= 11 is 7.27. The lowest BCUT2D eigenvalue weighted by molar-refractivity contribution is -0.128. The van der Waals surface area contributed by atoms with E-state index in [0.717, 1.165) is 16.8 Å². The first-order valence-corrected chi connectivity index (χ1v) is 11.0. The van der Waals surface area contributed by atoms with Gasteiger partial charge < -0.3 is 4.52 Å². The molecular weight excluding hydrogens is 450 g/mol. The molecule has 0 bridgehead atoms. The van der Waals surface area contributed by atoms with Gasteiger partial charge in [-0.3, -0.25) is 20.4 Å². The normalized spacial score (nSPS) is 10.7. The zero-order valence-electron chi connectivity index (χ0n) is 16.7. The van der Waals surface area contributed by atoms with Gasteiger partial charge in [0.1, 0.15) is 5.01 Å². The number of benzene rings is 2. The summed E-state index contributed by atoms with van der Waals surface area (Å²) in [6.45, 7) is 0. The molecule has 2 aromatic carbocycles. The van der Waals surface area contributed by atoms with Crippen LogP contribution in [-0.4, -0.2) is 26.9 Å². The lowest BCUT2D eigenvalue weighted by Crippen LogP contribution is -2.42. The Morgan fingerprint density at radius 3 is 2.47 bits per heavy atom. The fraction of sp³-hybridized carbons (Fsp3) is 0.136. The van der Waals surface area contributed by atoms with Crippen LogP contribution in [0.5, 0.6) is 0 Å². The third-order valence-electron chi connectivity index (χ3n) is 4.41. The van der Waals surface area contributed by atoms with Crippen molar-refractivity contribution >= 4 is 34.8 Å². The van der Waals surface area contributed by atoms with Gasteiger partial charge in [-0.1, -0.05) is 47.1 Å². The van der Waals surface area contributed by atoms with Gasteiger partial charge in [-0.05, 0) is 24.3 Å². The minimum Gasteiger partial charge on any atom is -0.339 e. The second kappa shape index (κ2) is 10.2. The van der Waals surface area contributed by atoms with E-state index in [2.05, 4.69) is 26.0 Å². The van der Waals surface area contributed by atoms with E-state index in [4.69, 9.17) is 16.1 Å². The standard InChI is InChI=1S/C22H18ClN5O3S/c23-16-8-6-15(7-9-16)22-25-20(31-28-22)11-10-18(29)26-27-19(30)12-21-24-17(13-32-21)14-4-2-1-3-5-14/h1-9,13H,10-12H2,(H,26,29)(H,27,30). The molecule has 2 amide bonds. The van der Waals surface area contributed by atoms with E-state index < -0.39 is 0 Å². The number of halogens is 1. The van der Waals surface area contributed by atoms with Crippen LogP contribution in [0, 0.1) is 0 Å². The SMILES string of the molecule is O=C(CCc1nc(-c2ccc(Cl)cc2)no1)NNC(=O)Cc1nc(-c2ccccc2)cs1. The van der Waals surface area contributed by atoms with Gasteiger partial charge >= 0.3 is 0 Å². The van der Waals surface area contributed by atoms with E-state index in [1.54, 1.807) is 24.3 Å². The first-order chi connectivity index (χ1) is 15.6. The van der Waals surface area contributed by atoms with Crippen LogP contribution in [0.25, 0.3) is 22.6 Å². The number of hydrogen-bond donors (Lipinski definition) is 2. The molecule has 4 aromatic rings. The van der Waals surface area contributed by atoms with Crippen molar-refractivity contribution in [3.05, 3.63) is 75.9 Å². The predicted molar refractivity (Wildman–Crippen MR) is 121 cm³/mol. The van der Waals surface area contributed by atoms with Crippen molar-refractivity contribution in [3.63, 3.8) is 0 Å². The van der Waals surface area contributed by atoms with Crippen LogP contribution in [0.15, 0.2) is 64.5 Å². The molecule has 0 saturated carbocycles. The van der Waals surface area contributed by atoms with Crippen LogP contribution >= 0.6 is 22.9 Å². The lowest BCUT2D eigenvalue weighted by atomic mass is 10.2. The Morgan fingerprint density at radius 2 is 1.69 bits per heavy atom. The Hall–Kier alpha value is -3.56. The quantitative estimate of drug-likeness (QED) is 0.399. The number of hydrogen-bond acceptors (Lipinski definition) is 7. The Labute approximate surface area is 192 Å². The molecule has 0 aliphatic carbocycles. The molecule has 2 aromatic heterocycles. The zero-order chi connectivity index (χ0) is 22.3. The molecule has 0 spiro atoms. The molecule has 0 unspecified atom stereocenters. The molecule has 0 atom stereocenters. The smallest absolute Gasteiger partial charge is 0.245 e. The van der Waals surface area contributed by atoms with Crippen molar-refractivity contribution in [3.8, 4) is 22.6 Å². The van der Waals surface area contributed by atoms with Crippen LogP contribution < -0.4 is 10.9 Å². The molecule has 162 valence electrons. The number of rotatable bonds is 7. The van der Waals surface area contributed by atoms with Crippen LogP contribution in [0.3, 0.4) is 0 Å². The Kier molecular flexibility index (Phi) is 6.88. The predicted octanol–water partition coefficient (Wildman–Crippen LogP) is 3.84. The molecule has 2 heterocycles. The van der Waals surface area contributed by atoms with Gasteiger partial charge in [-0.25, -0.2) is 4.98 Å². The highest BCUT2D eigenvalue weighted by Crippen LogP contribution is 2.22. The molecule has 8 nitrogen and oxygen atoms in total. The van der Waals surface area contributed by atoms with Crippen LogP contribution in [0.2, 0.25) is 5.02 Å². The van der Waals surface area contributed by atoms with E-state index in [1.165, 1.54) is 11.3 Å². The van der Waals surface area contributed by atoms with Gasteiger partial charge in [0.15, 0.2) is 0 Å². The van der Waals surface area contributed by atoms with E-state index in [-0.39, 0.29) is 31.1 Å². The Balaban J connectivity index is 1.21. The van der Waals surface area contributed by atoms with Crippen molar-refractivity contribution in [2.45, 2.75) is 19.3 Å². The number of aromatic nitrogens is 3. The number of hydrazine groups is 1. The summed E-state index contributed by atoms with van der Waals surface area (Å²) < 4.78 is 5.17. The highest BCUT2D eigenvalue weighted by molar-refractivity contribution is 7.10. The number of thiazole rings is 1. The molecule has 0 saturated heterocycles. The summed E-state index contributed by atoms with van der Waals surface area (Å²) in [5.41, 5.74) is 7.36. The van der Waals surface area contributed by atoms with Gasteiger partial charge in [0, 0.05) is 34.4 Å². The number of amides is 2. The summed E-state index contributed by atoms with van der Waals surface area (Å²) in [4.78, 5) is 32.9. The molecule has 10 heteroatoms. The van der Waals surface area contributed by atoms with E-state index in [1.807, 2.05) is 35.7 Å². The lowest BCUT2D eigenvalue weighted by Gasteiger charge is -2.05. The molecule has 0 aliphatic heterocycles. The average molecular weight is 468 g/mol. The maximum atomic E-state index is 12.1. The summed E-state index contributed by atoms with van der Waals surface area (Å²) in [6, 6.07) is 16.8. The number of nitrogens with zero attached hydrogens (tertiary/aromatic N) is 3. The molecule has 0 fully saturated rings. The van der Waals surface area contributed by atoms with Gasteiger partial charge in [-0.2, -0.15) is 4.98 Å². The molecule has 2 N–H and O–H groups in total. The fourth-order valence-corrected chi connectivity index (χ4v) is 3.74. The molecule has 32 heavy (non-hydrogen) atoms. The minimum absolute atomic E-state index is 0.0753. The molecule has 0 aliphatic rings. The first kappa shape index (κ1) is 21.7. The summed E-state index contributed by atoms with van der Waals surface area (Å²) in [7, 11) is 0. The number of aryl methyl sites for hydroxylation is 1. The van der Waals surface area contributed by atoms with Crippen molar-refractivity contribution in [2.75, 3.05) is 0 Å². The van der Waals surface area contributed by atoms with Gasteiger partial charge in [0.25, 0.3) is 0 Å². The average Bonchev–Trinajstić information content (AvgIpc) is 3.47. The molecule has 4 rings (SSSR count). The second-order valence-corrected chi connectivity index (χ2v) is 8.16. The monoisotopic (exact) mass is 467 g/mol. The van der Waals surface area contributed by atoms with Crippen molar-refractivity contribution in [2.24, 2.45) is 0 Å². The molecular formula is C22H18ClN5O3S. The highest BCUT2D eigenvalue weighted by Gasteiger charge is 2.13. The van der Waals surface area contributed by atoms with Crippen LogP contribution in [-0.2, 0) is 22.4 Å². The van der Waals surface area contributed by atoms with E-state index in [9.17, 15) is 9.59 Å². The highest BCUT2D eigenvalue weighted by atomic mass is 35.5. The van der Waals surface area contributed by atoms with E-state index >= 15 is 0 Å². The van der Waals surface area contributed by atoms with Crippen LogP contribution in [0.1, 0.15) is 17.3 Å². The van der Waals surface area contributed by atoms with Crippen LogP contribution in [0.4, 0.5) is 0 Å². The summed E-state index contributed by atoms with van der Waals surface area (Å²) in [6.07, 6.45) is 0.402. The van der Waals surface area contributed by atoms with Gasteiger partial charge in [0.2, 0.25) is 23.5 Å². The van der Waals surface area contributed by atoms with E-state index in [0.29, 0.717) is 21.7 Å². The maximum absolute atomic E-state index is 12.1. The van der Waals surface area contributed by atoms with Crippen molar-refractivity contribution in [1.82, 2.24) is 26.0 Å². The number of nitrogens with one attached hydrogen (secondary N) is 2. The minimum atomic E-state index is -0.367. The third-order valence-corrected chi connectivity index (χ3v) is 5.51. The fourth-order valence-electron chi connectivity index (χ4n) is 2.81. The number of carbonyl (C=O) groups excluding carboxylic acids is 2. The first-order valence-electron chi connectivity index (χ1n) is 9.73. The van der Waals surface area contributed by atoms with Crippen molar-refractivity contribution in [1.29, 1.82) is 0 Å². The Bertz CT molecular complexity index is 1210.